The van der Waals surface area contributed by atoms with E-state index in [0.717, 1.165) is 24.2 Å². The van der Waals surface area contributed by atoms with Gasteiger partial charge >= 0.3 is 0 Å². The third kappa shape index (κ3) is 3.44. The van der Waals surface area contributed by atoms with Gasteiger partial charge in [0.25, 0.3) is 0 Å². The van der Waals surface area contributed by atoms with Crippen molar-refractivity contribution in [3.05, 3.63) is 47.3 Å². The number of carbonyl (C=O) groups excluding carboxylic acids is 2. The predicted octanol–water partition coefficient (Wildman–Crippen LogP) is 1.25. The molecule has 2 amide bonds. The highest BCUT2D eigenvalue weighted by molar-refractivity contribution is 5.81. The summed E-state index contributed by atoms with van der Waals surface area (Å²) in [5.74, 6) is 1.12. The number of fused-ring (bicyclic) bond motifs is 1. The zero-order valence-corrected chi connectivity index (χ0v) is 14.2. The van der Waals surface area contributed by atoms with Crippen LogP contribution in [0.25, 0.3) is 0 Å². The molecule has 1 aromatic heterocycles. The van der Waals surface area contributed by atoms with Crippen LogP contribution in [-0.4, -0.2) is 26.6 Å². The Morgan fingerprint density at radius 2 is 1.77 bits per heavy atom. The van der Waals surface area contributed by atoms with Crippen LogP contribution in [0, 0.1) is 11.7 Å². The highest BCUT2D eigenvalue weighted by Gasteiger charge is 2.33. The summed E-state index contributed by atoms with van der Waals surface area (Å²) in [6.45, 7) is 0.616. The fraction of sp³-hybridized carbons (Fsp3) is 0.444. The lowest BCUT2D eigenvalue weighted by Gasteiger charge is -2.15. The number of aromatic nitrogens is 3. The molecule has 1 fully saturated rings. The number of hydrogen-bond acceptors (Lipinski definition) is 4. The number of hydrogen-bond donors (Lipinski definition) is 2. The summed E-state index contributed by atoms with van der Waals surface area (Å²) >= 11 is 0. The van der Waals surface area contributed by atoms with Crippen LogP contribution in [0.1, 0.15) is 42.5 Å². The molecule has 8 heteroatoms. The van der Waals surface area contributed by atoms with Crippen molar-refractivity contribution in [2.45, 2.75) is 44.8 Å². The fourth-order valence-electron chi connectivity index (χ4n) is 3.22. The van der Waals surface area contributed by atoms with Gasteiger partial charge in [0.15, 0.2) is 5.82 Å². The van der Waals surface area contributed by atoms with Gasteiger partial charge in [0.05, 0.1) is 6.54 Å². The molecule has 0 radical (unpaired) electrons. The van der Waals surface area contributed by atoms with Crippen LogP contribution in [0.5, 0.6) is 0 Å². The molecule has 2 heterocycles. The molecule has 1 atom stereocenters. The van der Waals surface area contributed by atoms with Crippen LogP contribution in [0.4, 0.5) is 4.39 Å². The van der Waals surface area contributed by atoms with E-state index in [2.05, 4.69) is 20.8 Å². The van der Waals surface area contributed by atoms with Gasteiger partial charge in [0.1, 0.15) is 17.7 Å². The molecule has 136 valence electrons. The van der Waals surface area contributed by atoms with Gasteiger partial charge in [-0.15, -0.1) is 10.2 Å². The second kappa shape index (κ2) is 6.86. The lowest BCUT2D eigenvalue weighted by molar-refractivity contribution is -0.124. The Bertz CT molecular complexity index is 829. The molecule has 1 saturated carbocycles. The van der Waals surface area contributed by atoms with Crippen molar-refractivity contribution in [1.82, 2.24) is 25.4 Å². The maximum absolute atomic E-state index is 13.0. The zero-order valence-electron chi connectivity index (χ0n) is 14.2. The van der Waals surface area contributed by atoms with E-state index in [-0.39, 0.29) is 36.1 Å². The second-order valence-electron chi connectivity index (χ2n) is 6.79. The van der Waals surface area contributed by atoms with E-state index in [9.17, 15) is 14.0 Å². The molecule has 0 spiro atoms. The average Bonchev–Trinajstić information content (AvgIpc) is 3.29. The predicted molar refractivity (Wildman–Crippen MR) is 90.2 cm³/mol. The van der Waals surface area contributed by atoms with Gasteiger partial charge in [-0.25, -0.2) is 4.39 Å². The number of halogens is 1. The molecular formula is C18H20FN5O2. The molecule has 1 aliphatic carbocycles. The van der Waals surface area contributed by atoms with Gasteiger partial charge in [-0.1, -0.05) is 12.1 Å². The summed E-state index contributed by atoms with van der Waals surface area (Å²) in [5.41, 5.74) is 0.832. The van der Waals surface area contributed by atoms with Crippen molar-refractivity contribution in [2.75, 3.05) is 0 Å². The van der Waals surface area contributed by atoms with Crippen LogP contribution in [-0.2, 0) is 29.1 Å². The van der Waals surface area contributed by atoms with Crippen molar-refractivity contribution >= 4 is 11.8 Å². The van der Waals surface area contributed by atoms with Crippen LogP contribution in [0.15, 0.2) is 24.3 Å². The fourth-order valence-corrected chi connectivity index (χ4v) is 3.22. The summed E-state index contributed by atoms with van der Waals surface area (Å²) in [6, 6.07) is 5.65. The molecule has 2 N–H and O–H groups in total. The topological polar surface area (TPSA) is 88.9 Å². The van der Waals surface area contributed by atoms with Crippen molar-refractivity contribution < 1.29 is 14.0 Å². The standard InChI is InChI=1S/C18H20FN5O2/c19-13-5-1-11(2-6-13)9-20-18(26)14-7-8-15-22-23-16(24(14)15)10-21-17(25)12-3-4-12/h1-2,5-6,12,14H,3-4,7-10H2,(H,20,26)(H,21,25). The number of benzene rings is 1. The lowest BCUT2D eigenvalue weighted by Crippen LogP contribution is -2.32. The molecule has 4 rings (SSSR count). The van der Waals surface area contributed by atoms with Crippen LogP contribution >= 0.6 is 0 Å². The number of nitrogens with one attached hydrogen (secondary N) is 2. The maximum Gasteiger partial charge on any atom is 0.243 e. The molecule has 2 aromatic rings. The number of rotatable bonds is 6. The summed E-state index contributed by atoms with van der Waals surface area (Å²) < 4.78 is 14.8. The number of aryl methyl sites for hydroxylation is 1. The summed E-state index contributed by atoms with van der Waals surface area (Å²) in [6.07, 6.45) is 3.22. The molecule has 0 saturated heterocycles. The van der Waals surface area contributed by atoms with Gasteiger partial charge in [-0.05, 0) is 37.0 Å². The van der Waals surface area contributed by atoms with Crippen LogP contribution < -0.4 is 10.6 Å². The van der Waals surface area contributed by atoms with Gasteiger partial charge < -0.3 is 15.2 Å². The smallest absolute Gasteiger partial charge is 0.243 e. The first-order chi connectivity index (χ1) is 12.6. The molecule has 26 heavy (non-hydrogen) atoms. The van der Waals surface area contributed by atoms with E-state index in [1.807, 2.05) is 4.57 Å². The van der Waals surface area contributed by atoms with E-state index in [1.54, 1.807) is 12.1 Å². The average molecular weight is 357 g/mol. The maximum atomic E-state index is 13.0. The number of nitrogens with zero attached hydrogens (tertiary/aromatic N) is 3. The van der Waals surface area contributed by atoms with Crippen molar-refractivity contribution in [2.24, 2.45) is 5.92 Å². The van der Waals surface area contributed by atoms with Gasteiger partial charge in [-0.3, -0.25) is 9.59 Å². The number of carbonyl (C=O) groups is 2. The molecule has 2 aliphatic rings. The molecule has 1 aliphatic heterocycles. The van der Waals surface area contributed by atoms with Crippen LogP contribution in [0.2, 0.25) is 0 Å². The quantitative estimate of drug-likeness (QED) is 0.814. The molecular weight excluding hydrogens is 337 g/mol. The molecule has 1 unspecified atom stereocenters. The highest BCUT2D eigenvalue weighted by atomic mass is 19.1. The zero-order chi connectivity index (χ0) is 18.1. The Morgan fingerprint density at radius 3 is 2.50 bits per heavy atom. The normalized spacial score (nSPS) is 18.4. The van der Waals surface area contributed by atoms with E-state index >= 15 is 0 Å². The third-order valence-electron chi connectivity index (χ3n) is 4.84. The molecule has 0 bridgehead atoms. The first kappa shape index (κ1) is 16.7. The minimum absolute atomic E-state index is 0.0395. The highest BCUT2D eigenvalue weighted by Crippen LogP contribution is 2.29. The van der Waals surface area contributed by atoms with Crippen molar-refractivity contribution in [1.29, 1.82) is 0 Å². The second-order valence-corrected chi connectivity index (χ2v) is 6.79. The minimum atomic E-state index is -0.381. The Hall–Kier alpha value is -2.77. The first-order valence-electron chi connectivity index (χ1n) is 8.84. The van der Waals surface area contributed by atoms with E-state index in [1.165, 1.54) is 12.1 Å². The lowest BCUT2D eigenvalue weighted by atomic mass is 10.2. The summed E-state index contributed by atoms with van der Waals surface area (Å²) in [7, 11) is 0. The van der Waals surface area contributed by atoms with Crippen LogP contribution in [0.3, 0.4) is 0 Å². The monoisotopic (exact) mass is 357 g/mol. The Labute approximate surface area is 150 Å². The largest absolute Gasteiger partial charge is 0.350 e. The summed E-state index contributed by atoms with van der Waals surface area (Å²) in [5, 5.41) is 14.0. The van der Waals surface area contributed by atoms with E-state index < -0.39 is 0 Å². The Balaban J connectivity index is 1.39. The SMILES string of the molecule is O=C(NCc1nnc2n1C(C(=O)NCc1ccc(F)cc1)CC2)C1CC1. The third-order valence-corrected chi connectivity index (χ3v) is 4.84. The van der Waals surface area contributed by atoms with Gasteiger partial charge in [0.2, 0.25) is 11.8 Å². The van der Waals surface area contributed by atoms with Crippen molar-refractivity contribution in [3.63, 3.8) is 0 Å². The van der Waals surface area contributed by atoms with Gasteiger partial charge in [0, 0.05) is 18.9 Å². The molecule has 1 aromatic carbocycles. The first-order valence-corrected chi connectivity index (χ1v) is 8.84. The summed E-state index contributed by atoms with van der Waals surface area (Å²) in [4.78, 5) is 24.4. The number of amides is 2. The van der Waals surface area contributed by atoms with Gasteiger partial charge in [-0.2, -0.15) is 0 Å². The Morgan fingerprint density at radius 1 is 1.04 bits per heavy atom. The van der Waals surface area contributed by atoms with E-state index in [4.69, 9.17) is 0 Å². The molecule has 7 nitrogen and oxygen atoms in total. The van der Waals surface area contributed by atoms with E-state index in [0.29, 0.717) is 25.2 Å². The minimum Gasteiger partial charge on any atom is -0.350 e. The Kier molecular flexibility index (Phi) is 4.40. The van der Waals surface area contributed by atoms with Crippen molar-refractivity contribution in [3.8, 4) is 0 Å².